The summed E-state index contributed by atoms with van der Waals surface area (Å²) in [5.74, 6) is 0.197. The lowest BCUT2D eigenvalue weighted by Crippen LogP contribution is -2.26. The zero-order valence-electron chi connectivity index (χ0n) is 13.4. The maximum Gasteiger partial charge on any atom is 0.337 e. The van der Waals surface area contributed by atoms with Gasteiger partial charge in [0.15, 0.2) is 11.6 Å². The second-order valence-corrected chi connectivity index (χ2v) is 4.83. The van der Waals surface area contributed by atoms with Gasteiger partial charge in [0, 0.05) is 5.69 Å². The third-order valence-corrected chi connectivity index (χ3v) is 3.25. The summed E-state index contributed by atoms with van der Waals surface area (Å²) in [7, 11) is 1.31. The number of anilines is 4. The summed E-state index contributed by atoms with van der Waals surface area (Å²) in [6, 6.07) is 10.5. The maximum atomic E-state index is 11.4. The Hall–Kier alpha value is -3.85. The van der Waals surface area contributed by atoms with Gasteiger partial charge in [0.1, 0.15) is 25.1 Å². The lowest BCUT2D eigenvalue weighted by molar-refractivity contribution is 0.0601. The van der Waals surface area contributed by atoms with Gasteiger partial charge in [0.25, 0.3) is 0 Å². The van der Waals surface area contributed by atoms with Gasteiger partial charge in [-0.25, -0.2) is 14.8 Å². The van der Waals surface area contributed by atoms with Crippen LogP contribution in [0.5, 0.6) is 0 Å². The van der Waals surface area contributed by atoms with E-state index in [9.17, 15) is 4.79 Å². The molecule has 0 saturated heterocycles. The Morgan fingerprint density at radius 1 is 1.24 bits per heavy atom. The predicted octanol–water partition coefficient (Wildman–Crippen LogP) is 1.44. The van der Waals surface area contributed by atoms with Crippen LogP contribution < -0.4 is 16.0 Å². The summed E-state index contributed by atoms with van der Waals surface area (Å²) < 4.78 is 4.64. The number of aromatic nitrogens is 2. The van der Waals surface area contributed by atoms with E-state index in [0.717, 1.165) is 0 Å². The third-order valence-electron chi connectivity index (χ3n) is 3.25. The summed E-state index contributed by atoms with van der Waals surface area (Å²) in [5.41, 5.74) is 7.35. The second kappa shape index (κ2) is 8.13. The monoisotopic (exact) mass is 337 g/mol. The minimum atomic E-state index is -0.431. The molecule has 25 heavy (non-hydrogen) atoms. The van der Waals surface area contributed by atoms with Crippen LogP contribution in [0.2, 0.25) is 0 Å². The Bertz CT molecular complexity index is 821. The van der Waals surface area contributed by atoms with Gasteiger partial charge >= 0.3 is 5.97 Å². The van der Waals surface area contributed by atoms with E-state index in [2.05, 4.69) is 20.0 Å². The summed E-state index contributed by atoms with van der Waals surface area (Å²) in [5, 5.41) is 20.8. The van der Waals surface area contributed by atoms with Gasteiger partial charge in [0.2, 0.25) is 0 Å². The van der Waals surface area contributed by atoms with Crippen molar-refractivity contribution in [3.63, 3.8) is 0 Å². The van der Waals surface area contributed by atoms with Crippen LogP contribution >= 0.6 is 0 Å². The van der Waals surface area contributed by atoms with E-state index >= 15 is 0 Å². The van der Waals surface area contributed by atoms with E-state index in [1.807, 2.05) is 12.1 Å². The zero-order chi connectivity index (χ0) is 18.2. The highest BCUT2D eigenvalue weighted by Crippen LogP contribution is 2.28. The molecule has 0 aliphatic rings. The van der Waals surface area contributed by atoms with Gasteiger partial charge in [-0.05, 0) is 24.3 Å². The van der Waals surface area contributed by atoms with Crippen molar-refractivity contribution in [3.8, 4) is 12.1 Å². The Kier molecular flexibility index (Phi) is 5.69. The number of esters is 1. The minimum absolute atomic E-state index is 0.0258. The molecule has 0 bridgehead atoms. The molecule has 9 heteroatoms. The molecule has 2 rings (SSSR count). The first-order chi connectivity index (χ1) is 12.1. The fourth-order valence-corrected chi connectivity index (χ4v) is 2.06. The van der Waals surface area contributed by atoms with Gasteiger partial charge in [0.05, 0.1) is 24.8 Å². The molecule has 0 spiro atoms. The number of hydrogen-bond acceptors (Lipinski definition) is 9. The average Bonchev–Trinajstić information content (AvgIpc) is 2.63. The molecule has 0 radical (unpaired) electrons. The quantitative estimate of drug-likeness (QED) is 0.591. The van der Waals surface area contributed by atoms with E-state index in [-0.39, 0.29) is 18.8 Å². The number of nitrogens with zero attached hydrogens (tertiary/aromatic N) is 5. The molecule has 0 fully saturated rings. The lowest BCUT2D eigenvalue weighted by Gasteiger charge is -2.20. The summed E-state index contributed by atoms with van der Waals surface area (Å²) in [6.07, 6.45) is 1.29. The van der Waals surface area contributed by atoms with Crippen molar-refractivity contribution in [2.45, 2.75) is 0 Å². The Labute approximate surface area is 144 Å². The molecule has 0 amide bonds. The number of hydrogen-bond donors (Lipinski definition) is 2. The van der Waals surface area contributed by atoms with E-state index in [1.165, 1.54) is 18.3 Å². The Morgan fingerprint density at radius 3 is 2.44 bits per heavy atom. The number of rotatable bonds is 6. The first-order valence-corrected chi connectivity index (χ1v) is 7.15. The number of carbonyl (C=O) groups is 1. The number of nitrogens with one attached hydrogen (secondary N) is 1. The molecule has 1 heterocycles. The zero-order valence-corrected chi connectivity index (χ0v) is 13.4. The van der Waals surface area contributed by atoms with Gasteiger partial charge < -0.3 is 20.7 Å². The van der Waals surface area contributed by atoms with Crippen LogP contribution in [-0.4, -0.2) is 36.1 Å². The van der Waals surface area contributed by atoms with Gasteiger partial charge in [-0.2, -0.15) is 10.5 Å². The van der Waals surface area contributed by atoms with Crippen LogP contribution in [0.3, 0.4) is 0 Å². The van der Waals surface area contributed by atoms with Crippen LogP contribution in [-0.2, 0) is 4.74 Å². The topological polar surface area (TPSA) is 141 Å². The van der Waals surface area contributed by atoms with Gasteiger partial charge in [-0.3, -0.25) is 0 Å². The standard InChI is InChI=1S/C16H15N7O2/c1-25-16(24)11-2-4-12(5-3-11)22-14-13(19)15(21-10-20-14)23(8-6-17)9-7-18/h2-5,10H,8-9,19H2,1H3,(H,20,21,22). The second-order valence-electron chi connectivity index (χ2n) is 4.83. The van der Waals surface area contributed by atoms with Crippen LogP contribution in [0, 0.1) is 22.7 Å². The Morgan fingerprint density at radius 2 is 1.88 bits per heavy atom. The largest absolute Gasteiger partial charge is 0.465 e. The highest BCUT2D eigenvalue weighted by Gasteiger charge is 2.15. The van der Waals surface area contributed by atoms with Crippen molar-refractivity contribution in [1.82, 2.24) is 9.97 Å². The van der Waals surface area contributed by atoms with Crippen molar-refractivity contribution in [2.24, 2.45) is 0 Å². The lowest BCUT2D eigenvalue weighted by atomic mass is 10.2. The number of benzene rings is 1. The number of nitrogen functional groups attached to an aromatic ring is 1. The highest BCUT2D eigenvalue weighted by molar-refractivity contribution is 5.90. The molecular weight excluding hydrogens is 322 g/mol. The first-order valence-electron chi connectivity index (χ1n) is 7.15. The molecule has 3 N–H and O–H groups in total. The maximum absolute atomic E-state index is 11.4. The normalized spacial score (nSPS) is 9.56. The smallest absolute Gasteiger partial charge is 0.337 e. The molecule has 1 aromatic heterocycles. The molecular formula is C16H15N7O2. The van der Waals surface area contributed by atoms with Crippen molar-refractivity contribution in [1.29, 1.82) is 10.5 Å². The highest BCUT2D eigenvalue weighted by atomic mass is 16.5. The minimum Gasteiger partial charge on any atom is -0.465 e. The number of ether oxygens (including phenoxy) is 1. The van der Waals surface area contributed by atoms with Crippen molar-refractivity contribution >= 4 is 29.0 Å². The SMILES string of the molecule is COC(=O)c1ccc(Nc2ncnc(N(CC#N)CC#N)c2N)cc1. The van der Waals surface area contributed by atoms with E-state index in [0.29, 0.717) is 22.9 Å². The number of methoxy groups -OCH3 is 1. The van der Waals surface area contributed by atoms with Crippen LogP contribution in [0.4, 0.5) is 23.0 Å². The summed E-state index contributed by atoms with van der Waals surface area (Å²) in [6.45, 7) is -0.0515. The van der Waals surface area contributed by atoms with Crippen LogP contribution in [0.15, 0.2) is 30.6 Å². The Balaban J connectivity index is 2.26. The third kappa shape index (κ3) is 4.12. The van der Waals surface area contributed by atoms with Crippen molar-refractivity contribution in [2.75, 3.05) is 36.1 Å². The summed E-state index contributed by atoms with van der Waals surface area (Å²) in [4.78, 5) is 21.0. The van der Waals surface area contributed by atoms with Crippen LogP contribution in [0.1, 0.15) is 10.4 Å². The first kappa shape index (κ1) is 17.5. The van der Waals surface area contributed by atoms with Gasteiger partial charge in [-0.15, -0.1) is 0 Å². The molecule has 126 valence electrons. The van der Waals surface area contributed by atoms with Crippen molar-refractivity contribution < 1.29 is 9.53 Å². The molecule has 1 aromatic carbocycles. The fourth-order valence-electron chi connectivity index (χ4n) is 2.06. The average molecular weight is 337 g/mol. The molecule has 0 aliphatic carbocycles. The van der Waals surface area contributed by atoms with E-state index < -0.39 is 5.97 Å². The van der Waals surface area contributed by atoms with E-state index in [4.69, 9.17) is 16.3 Å². The van der Waals surface area contributed by atoms with Crippen LogP contribution in [0.25, 0.3) is 0 Å². The fraction of sp³-hybridized carbons (Fsp3) is 0.188. The molecule has 0 atom stereocenters. The number of nitrogens with two attached hydrogens (primary N) is 1. The molecule has 0 aliphatic heterocycles. The molecule has 2 aromatic rings. The molecule has 0 saturated carbocycles. The van der Waals surface area contributed by atoms with Gasteiger partial charge in [-0.1, -0.05) is 0 Å². The molecule has 0 unspecified atom stereocenters. The predicted molar refractivity (Wildman–Crippen MR) is 90.9 cm³/mol. The van der Waals surface area contributed by atoms with E-state index in [1.54, 1.807) is 24.3 Å². The van der Waals surface area contributed by atoms with Crippen molar-refractivity contribution in [3.05, 3.63) is 36.2 Å². The number of nitriles is 2. The number of carbonyl (C=O) groups excluding carboxylic acids is 1. The molecule has 9 nitrogen and oxygen atoms in total. The summed E-state index contributed by atoms with van der Waals surface area (Å²) >= 11 is 0.